The summed E-state index contributed by atoms with van der Waals surface area (Å²) in [5, 5.41) is 11.9. The highest BCUT2D eigenvalue weighted by Crippen LogP contribution is 2.44. The van der Waals surface area contributed by atoms with Crippen LogP contribution in [0.4, 0.5) is 0 Å². The first-order valence-corrected chi connectivity index (χ1v) is 7.70. The van der Waals surface area contributed by atoms with Gasteiger partial charge in [0.25, 0.3) is 0 Å². The first kappa shape index (κ1) is 14.5. The summed E-state index contributed by atoms with van der Waals surface area (Å²) in [5.41, 5.74) is 0.157. The Balaban J connectivity index is 2.05. The molecule has 1 aromatic rings. The Labute approximate surface area is 116 Å². The van der Waals surface area contributed by atoms with Crippen molar-refractivity contribution in [3.63, 3.8) is 0 Å². The molecular weight excluding hydrogens is 238 g/mol. The summed E-state index contributed by atoms with van der Waals surface area (Å²) in [7, 11) is 0. The second kappa shape index (κ2) is 6.51. The number of aromatic nitrogens is 2. The van der Waals surface area contributed by atoms with Gasteiger partial charge in [-0.25, -0.2) is 0 Å². The molecule has 4 heteroatoms. The summed E-state index contributed by atoms with van der Waals surface area (Å²) in [5.74, 6) is 2.29. The Hall–Kier alpha value is -0.900. The van der Waals surface area contributed by atoms with Crippen molar-refractivity contribution < 1.29 is 4.42 Å². The lowest BCUT2D eigenvalue weighted by Gasteiger charge is -2.26. The van der Waals surface area contributed by atoms with Crippen LogP contribution in [0.5, 0.6) is 0 Å². The maximum absolute atomic E-state index is 5.93. The fourth-order valence-corrected chi connectivity index (χ4v) is 3.25. The summed E-state index contributed by atoms with van der Waals surface area (Å²) in [6.07, 6.45) is 7.27. The van der Waals surface area contributed by atoms with Gasteiger partial charge < -0.3 is 9.73 Å². The summed E-state index contributed by atoms with van der Waals surface area (Å²) in [6, 6.07) is 0. The van der Waals surface area contributed by atoms with Crippen LogP contribution in [0.25, 0.3) is 0 Å². The minimum atomic E-state index is 0.157. The van der Waals surface area contributed by atoms with Crippen molar-refractivity contribution in [3.05, 3.63) is 11.8 Å². The summed E-state index contributed by atoms with van der Waals surface area (Å²) >= 11 is 0. The molecule has 108 valence electrons. The molecule has 1 fully saturated rings. The number of rotatable bonds is 7. The van der Waals surface area contributed by atoms with Crippen LogP contribution in [-0.2, 0) is 12.0 Å². The molecule has 0 bridgehead atoms. The molecular formula is C15H27N3O. The quantitative estimate of drug-likeness (QED) is 0.767. The average molecular weight is 265 g/mol. The molecule has 0 unspecified atom stereocenters. The van der Waals surface area contributed by atoms with Crippen molar-refractivity contribution >= 4 is 0 Å². The summed E-state index contributed by atoms with van der Waals surface area (Å²) < 4.78 is 5.93. The highest BCUT2D eigenvalue weighted by atomic mass is 16.4. The molecule has 0 aromatic carbocycles. The van der Waals surface area contributed by atoms with Crippen LogP contribution in [0, 0.1) is 5.92 Å². The molecule has 2 rings (SSSR count). The number of hydrogen-bond acceptors (Lipinski definition) is 4. The second-order valence-electron chi connectivity index (χ2n) is 6.26. The molecule has 0 amide bonds. The third-order valence-electron chi connectivity index (χ3n) is 3.98. The largest absolute Gasteiger partial charge is 0.423 e. The fourth-order valence-electron chi connectivity index (χ4n) is 3.25. The second-order valence-corrected chi connectivity index (χ2v) is 6.26. The van der Waals surface area contributed by atoms with Crippen LogP contribution in [0.15, 0.2) is 4.42 Å². The monoisotopic (exact) mass is 265 g/mol. The topological polar surface area (TPSA) is 51.0 Å². The summed E-state index contributed by atoms with van der Waals surface area (Å²) in [6.45, 7) is 8.40. The third kappa shape index (κ3) is 3.56. The average Bonchev–Trinajstić information content (AvgIpc) is 2.98. The molecule has 0 aliphatic heterocycles. The van der Waals surface area contributed by atoms with E-state index in [-0.39, 0.29) is 5.41 Å². The van der Waals surface area contributed by atoms with Gasteiger partial charge in [0.05, 0.1) is 6.54 Å². The van der Waals surface area contributed by atoms with Gasteiger partial charge in [-0.2, -0.15) is 0 Å². The Bertz CT molecular complexity index is 380. The van der Waals surface area contributed by atoms with Gasteiger partial charge >= 0.3 is 0 Å². The predicted octanol–water partition coefficient (Wildman–Crippen LogP) is 3.43. The SMILES string of the molecule is CCCNCc1nnc(C2(CC(C)C)CCCC2)o1. The number of nitrogens with zero attached hydrogens (tertiary/aromatic N) is 2. The van der Waals surface area contributed by atoms with Crippen LogP contribution in [0.1, 0.15) is 71.1 Å². The van der Waals surface area contributed by atoms with Crippen molar-refractivity contribution in [2.24, 2.45) is 5.92 Å². The van der Waals surface area contributed by atoms with E-state index in [1.54, 1.807) is 0 Å². The molecule has 4 nitrogen and oxygen atoms in total. The predicted molar refractivity (Wildman–Crippen MR) is 75.9 cm³/mol. The molecule has 0 radical (unpaired) electrons. The van der Waals surface area contributed by atoms with Crippen molar-refractivity contribution in [2.45, 2.75) is 71.3 Å². The molecule has 0 spiro atoms. The van der Waals surface area contributed by atoms with E-state index in [4.69, 9.17) is 4.42 Å². The molecule has 0 atom stereocenters. The molecule has 1 N–H and O–H groups in total. The van der Waals surface area contributed by atoms with Crippen molar-refractivity contribution in [3.8, 4) is 0 Å². The van der Waals surface area contributed by atoms with Crippen LogP contribution >= 0.6 is 0 Å². The molecule has 0 saturated heterocycles. The minimum Gasteiger partial charge on any atom is -0.423 e. The van der Waals surface area contributed by atoms with Crippen LogP contribution in [0.2, 0.25) is 0 Å². The number of nitrogens with one attached hydrogen (secondary N) is 1. The van der Waals surface area contributed by atoms with E-state index in [0.29, 0.717) is 12.5 Å². The van der Waals surface area contributed by atoms with Crippen LogP contribution in [0.3, 0.4) is 0 Å². The van der Waals surface area contributed by atoms with Crippen molar-refractivity contribution in [1.82, 2.24) is 15.5 Å². The van der Waals surface area contributed by atoms with Gasteiger partial charge in [0, 0.05) is 5.41 Å². The Morgan fingerprint density at radius 2 is 2.00 bits per heavy atom. The third-order valence-corrected chi connectivity index (χ3v) is 3.98. The Kier molecular flexibility index (Phi) is 4.97. The zero-order valence-corrected chi connectivity index (χ0v) is 12.5. The molecule has 1 heterocycles. The van der Waals surface area contributed by atoms with Gasteiger partial charge in [0.2, 0.25) is 11.8 Å². The molecule has 1 saturated carbocycles. The maximum Gasteiger partial charge on any atom is 0.230 e. The standard InChI is InChI=1S/C15H27N3O/c1-4-9-16-11-13-17-18-14(19-13)15(10-12(2)3)7-5-6-8-15/h12,16H,4-11H2,1-3H3. The van der Waals surface area contributed by atoms with E-state index < -0.39 is 0 Å². The zero-order valence-electron chi connectivity index (χ0n) is 12.5. The van der Waals surface area contributed by atoms with Crippen LogP contribution < -0.4 is 5.32 Å². The van der Waals surface area contributed by atoms with Gasteiger partial charge in [0.1, 0.15) is 0 Å². The lowest BCUT2D eigenvalue weighted by Crippen LogP contribution is -2.24. The maximum atomic E-state index is 5.93. The Morgan fingerprint density at radius 1 is 1.26 bits per heavy atom. The fraction of sp³-hybridized carbons (Fsp3) is 0.867. The normalized spacial score (nSPS) is 18.3. The van der Waals surface area contributed by atoms with E-state index in [2.05, 4.69) is 36.3 Å². The van der Waals surface area contributed by atoms with E-state index in [0.717, 1.165) is 31.2 Å². The van der Waals surface area contributed by atoms with Crippen molar-refractivity contribution in [1.29, 1.82) is 0 Å². The van der Waals surface area contributed by atoms with E-state index in [1.165, 1.54) is 25.7 Å². The van der Waals surface area contributed by atoms with Gasteiger partial charge in [-0.05, 0) is 38.1 Å². The van der Waals surface area contributed by atoms with E-state index >= 15 is 0 Å². The minimum absolute atomic E-state index is 0.157. The van der Waals surface area contributed by atoms with Crippen LogP contribution in [-0.4, -0.2) is 16.7 Å². The summed E-state index contributed by atoms with van der Waals surface area (Å²) in [4.78, 5) is 0. The molecule has 1 aromatic heterocycles. The zero-order chi connectivity index (χ0) is 13.7. The highest BCUT2D eigenvalue weighted by molar-refractivity contribution is 5.07. The van der Waals surface area contributed by atoms with E-state index in [9.17, 15) is 0 Å². The molecule has 1 aliphatic rings. The molecule has 19 heavy (non-hydrogen) atoms. The van der Waals surface area contributed by atoms with Gasteiger partial charge in [-0.3, -0.25) is 0 Å². The lowest BCUT2D eigenvalue weighted by molar-refractivity contribution is 0.266. The Morgan fingerprint density at radius 3 is 2.63 bits per heavy atom. The first-order chi connectivity index (χ1) is 9.16. The van der Waals surface area contributed by atoms with Gasteiger partial charge in [-0.1, -0.05) is 33.6 Å². The number of hydrogen-bond donors (Lipinski definition) is 1. The van der Waals surface area contributed by atoms with Gasteiger partial charge in [0.15, 0.2) is 0 Å². The van der Waals surface area contributed by atoms with Crippen molar-refractivity contribution in [2.75, 3.05) is 6.54 Å². The van der Waals surface area contributed by atoms with E-state index in [1.807, 2.05) is 0 Å². The lowest BCUT2D eigenvalue weighted by atomic mass is 9.78. The highest BCUT2D eigenvalue weighted by Gasteiger charge is 2.40. The first-order valence-electron chi connectivity index (χ1n) is 7.70. The smallest absolute Gasteiger partial charge is 0.230 e. The van der Waals surface area contributed by atoms with Gasteiger partial charge in [-0.15, -0.1) is 10.2 Å². The molecule has 1 aliphatic carbocycles.